The second-order valence-electron chi connectivity index (χ2n) is 4.01. The van der Waals surface area contributed by atoms with Crippen molar-refractivity contribution in [2.75, 3.05) is 13.1 Å². The molecule has 0 aliphatic heterocycles. The Morgan fingerprint density at radius 2 is 2.06 bits per heavy atom. The second kappa shape index (κ2) is 7.12. The third kappa shape index (κ3) is 3.97. The van der Waals surface area contributed by atoms with Crippen molar-refractivity contribution in [2.45, 2.75) is 26.3 Å². The first kappa shape index (κ1) is 15.5. The van der Waals surface area contributed by atoms with Crippen molar-refractivity contribution in [3.63, 3.8) is 0 Å². The van der Waals surface area contributed by atoms with Crippen molar-refractivity contribution >= 4 is 33.5 Å². The summed E-state index contributed by atoms with van der Waals surface area (Å²) in [6.45, 7) is 5.67. The van der Waals surface area contributed by atoms with Gasteiger partial charge >= 0.3 is 5.97 Å². The van der Waals surface area contributed by atoms with E-state index in [9.17, 15) is 4.79 Å². The zero-order valence-corrected chi connectivity index (χ0v) is 12.8. The summed E-state index contributed by atoms with van der Waals surface area (Å²) in [7, 11) is 0. The average Bonchev–Trinajstić information content (AvgIpc) is 2.32. The van der Waals surface area contributed by atoms with Crippen LogP contribution in [0, 0.1) is 0 Å². The Kier molecular flexibility index (Phi) is 6.12. The molecule has 18 heavy (non-hydrogen) atoms. The number of carboxylic acid groups (broad SMARTS) is 1. The Morgan fingerprint density at radius 3 is 2.50 bits per heavy atom. The van der Waals surface area contributed by atoms with E-state index in [0.29, 0.717) is 5.02 Å². The molecular weight excluding hydrogens is 318 g/mol. The standard InChI is InChI=1S/C13H17BrClNO2/c1-3-16(4-2)12(8-13(17)18)9-5-6-10(14)11(15)7-9/h5-7,12H,3-4,8H2,1-2H3,(H,17,18). The van der Waals surface area contributed by atoms with Crippen molar-refractivity contribution in [3.8, 4) is 0 Å². The lowest BCUT2D eigenvalue weighted by molar-refractivity contribution is -0.138. The number of hydrogen-bond donors (Lipinski definition) is 1. The zero-order valence-electron chi connectivity index (χ0n) is 10.5. The normalized spacial score (nSPS) is 12.7. The molecule has 1 unspecified atom stereocenters. The molecular formula is C13H17BrClNO2. The lowest BCUT2D eigenvalue weighted by Gasteiger charge is -2.29. The molecule has 0 fully saturated rings. The summed E-state index contributed by atoms with van der Waals surface area (Å²) < 4.78 is 0.821. The SMILES string of the molecule is CCN(CC)C(CC(=O)O)c1ccc(Br)c(Cl)c1. The summed E-state index contributed by atoms with van der Waals surface area (Å²) in [5, 5.41) is 9.65. The van der Waals surface area contributed by atoms with E-state index in [2.05, 4.69) is 20.8 Å². The van der Waals surface area contributed by atoms with E-state index in [1.54, 1.807) is 0 Å². The van der Waals surface area contributed by atoms with Crippen molar-refractivity contribution in [3.05, 3.63) is 33.3 Å². The molecule has 0 aromatic heterocycles. The van der Waals surface area contributed by atoms with Crippen LogP contribution in [0.3, 0.4) is 0 Å². The number of hydrogen-bond acceptors (Lipinski definition) is 2. The van der Waals surface area contributed by atoms with Gasteiger partial charge in [-0.25, -0.2) is 0 Å². The Hall–Kier alpha value is -0.580. The fourth-order valence-electron chi connectivity index (χ4n) is 2.01. The van der Waals surface area contributed by atoms with Gasteiger partial charge in [-0.05, 0) is 46.7 Å². The largest absolute Gasteiger partial charge is 0.481 e. The lowest BCUT2D eigenvalue weighted by atomic mass is 10.0. The van der Waals surface area contributed by atoms with E-state index in [0.717, 1.165) is 23.1 Å². The van der Waals surface area contributed by atoms with E-state index in [1.807, 2.05) is 32.0 Å². The van der Waals surface area contributed by atoms with Gasteiger partial charge in [0.05, 0.1) is 11.4 Å². The van der Waals surface area contributed by atoms with Gasteiger partial charge in [0.15, 0.2) is 0 Å². The lowest BCUT2D eigenvalue weighted by Crippen LogP contribution is -2.30. The number of aliphatic carboxylic acids is 1. The second-order valence-corrected chi connectivity index (χ2v) is 5.27. The summed E-state index contributed by atoms with van der Waals surface area (Å²) >= 11 is 9.41. The van der Waals surface area contributed by atoms with Gasteiger partial charge in [0.2, 0.25) is 0 Å². The van der Waals surface area contributed by atoms with Crippen LogP contribution >= 0.6 is 27.5 Å². The van der Waals surface area contributed by atoms with Crippen LogP contribution in [0.1, 0.15) is 31.9 Å². The van der Waals surface area contributed by atoms with Crippen molar-refractivity contribution in [2.24, 2.45) is 0 Å². The Morgan fingerprint density at radius 1 is 1.44 bits per heavy atom. The van der Waals surface area contributed by atoms with E-state index in [1.165, 1.54) is 0 Å². The maximum Gasteiger partial charge on any atom is 0.305 e. The minimum atomic E-state index is -0.800. The van der Waals surface area contributed by atoms with Gasteiger partial charge in [0.1, 0.15) is 0 Å². The number of carbonyl (C=O) groups is 1. The first-order chi connectivity index (χ1) is 8.49. The van der Waals surface area contributed by atoms with Crippen LogP contribution in [0.15, 0.2) is 22.7 Å². The molecule has 1 aromatic carbocycles. The zero-order chi connectivity index (χ0) is 13.7. The molecule has 0 bridgehead atoms. The molecule has 1 rings (SSSR count). The highest BCUT2D eigenvalue weighted by Gasteiger charge is 2.21. The fraction of sp³-hybridized carbons (Fsp3) is 0.462. The Labute approximate surface area is 121 Å². The van der Waals surface area contributed by atoms with Gasteiger partial charge in [0.25, 0.3) is 0 Å². The van der Waals surface area contributed by atoms with Crippen LogP contribution in [0.5, 0.6) is 0 Å². The van der Waals surface area contributed by atoms with Crippen LogP contribution < -0.4 is 0 Å². The highest BCUT2D eigenvalue weighted by atomic mass is 79.9. The topological polar surface area (TPSA) is 40.5 Å². The highest BCUT2D eigenvalue weighted by molar-refractivity contribution is 9.10. The molecule has 0 saturated heterocycles. The number of benzene rings is 1. The molecule has 0 spiro atoms. The van der Waals surface area contributed by atoms with Crippen molar-refractivity contribution in [1.29, 1.82) is 0 Å². The van der Waals surface area contributed by atoms with Crippen LogP contribution in [0.2, 0.25) is 5.02 Å². The monoisotopic (exact) mass is 333 g/mol. The molecule has 1 N–H and O–H groups in total. The maximum atomic E-state index is 11.0. The molecule has 3 nitrogen and oxygen atoms in total. The summed E-state index contributed by atoms with van der Waals surface area (Å²) in [4.78, 5) is 13.1. The average molecular weight is 335 g/mol. The summed E-state index contributed by atoms with van der Waals surface area (Å²) in [6, 6.07) is 5.47. The molecule has 1 aromatic rings. The molecule has 0 radical (unpaired) electrons. The molecule has 0 aliphatic carbocycles. The van der Waals surface area contributed by atoms with Gasteiger partial charge in [-0.1, -0.05) is 31.5 Å². The van der Waals surface area contributed by atoms with Crippen molar-refractivity contribution in [1.82, 2.24) is 4.90 Å². The molecule has 0 heterocycles. The first-order valence-corrected chi connectivity index (χ1v) is 7.07. The number of carboxylic acids is 1. The molecule has 5 heteroatoms. The van der Waals surface area contributed by atoms with Crippen LogP contribution in [0.25, 0.3) is 0 Å². The highest BCUT2D eigenvalue weighted by Crippen LogP contribution is 2.30. The molecule has 0 saturated carbocycles. The first-order valence-electron chi connectivity index (χ1n) is 5.90. The number of rotatable bonds is 6. The van der Waals surface area contributed by atoms with E-state index < -0.39 is 5.97 Å². The van der Waals surface area contributed by atoms with E-state index >= 15 is 0 Å². The maximum absolute atomic E-state index is 11.0. The molecule has 1 atom stereocenters. The minimum Gasteiger partial charge on any atom is -0.481 e. The number of halogens is 2. The Balaban J connectivity index is 3.07. The summed E-state index contributed by atoms with van der Waals surface area (Å²) in [6.07, 6.45) is 0.0830. The Bertz CT molecular complexity index is 421. The quantitative estimate of drug-likeness (QED) is 0.856. The minimum absolute atomic E-state index is 0.0830. The van der Waals surface area contributed by atoms with E-state index in [-0.39, 0.29) is 12.5 Å². The molecule has 0 aliphatic rings. The summed E-state index contributed by atoms with van der Waals surface area (Å²) in [5.41, 5.74) is 0.939. The van der Waals surface area contributed by atoms with Gasteiger partial charge in [-0.15, -0.1) is 0 Å². The fourth-order valence-corrected chi connectivity index (χ4v) is 2.44. The van der Waals surface area contributed by atoms with Gasteiger partial charge in [-0.3, -0.25) is 9.69 Å². The van der Waals surface area contributed by atoms with Crippen molar-refractivity contribution < 1.29 is 9.90 Å². The van der Waals surface area contributed by atoms with Crippen LogP contribution in [-0.4, -0.2) is 29.1 Å². The third-order valence-corrected chi connectivity index (χ3v) is 4.18. The predicted octanol–water partition coefficient (Wildman–Crippen LogP) is 3.96. The van der Waals surface area contributed by atoms with Gasteiger partial charge in [0, 0.05) is 10.5 Å². The van der Waals surface area contributed by atoms with Gasteiger partial charge < -0.3 is 5.11 Å². The van der Waals surface area contributed by atoms with Crippen LogP contribution in [-0.2, 0) is 4.79 Å². The summed E-state index contributed by atoms with van der Waals surface area (Å²) in [5.74, 6) is -0.800. The third-order valence-electron chi connectivity index (χ3n) is 2.95. The molecule has 100 valence electrons. The predicted molar refractivity (Wildman–Crippen MR) is 77.1 cm³/mol. The smallest absolute Gasteiger partial charge is 0.305 e. The molecule has 0 amide bonds. The van der Waals surface area contributed by atoms with E-state index in [4.69, 9.17) is 16.7 Å². The van der Waals surface area contributed by atoms with Crippen LogP contribution in [0.4, 0.5) is 0 Å². The number of nitrogens with zero attached hydrogens (tertiary/aromatic N) is 1. The van der Waals surface area contributed by atoms with Gasteiger partial charge in [-0.2, -0.15) is 0 Å².